The molecule has 1 aliphatic rings. The van der Waals surface area contributed by atoms with Crippen molar-refractivity contribution in [2.75, 3.05) is 0 Å². The maximum absolute atomic E-state index is 2.19. The zero-order valence-corrected chi connectivity index (χ0v) is 6.02. The number of hydrogen-bond acceptors (Lipinski definition) is 0. The first kappa shape index (κ1) is 7.99. The molecule has 0 heterocycles. The molecule has 0 spiro atoms. The summed E-state index contributed by atoms with van der Waals surface area (Å²) in [6, 6.07) is 0. The minimum absolute atomic E-state index is 0. The summed E-state index contributed by atoms with van der Waals surface area (Å²) in [6.45, 7) is 2.19. The Morgan fingerprint density at radius 1 is 1.62 bits per heavy atom. The Kier molecular flexibility index (Phi) is 3.92. The van der Waals surface area contributed by atoms with Crippen LogP contribution in [0.1, 0.15) is 19.8 Å². The number of allylic oxidation sites excluding steroid dienone is 4. The summed E-state index contributed by atoms with van der Waals surface area (Å²) in [5.74, 6) is 0. The van der Waals surface area contributed by atoms with Gasteiger partial charge in [0.05, 0.1) is 0 Å². The molecule has 0 bridgehead atoms. The summed E-state index contributed by atoms with van der Waals surface area (Å²) in [7, 11) is 0. The van der Waals surface area contributed by atoms with Gasteiger partial charge in [-0.3, -0.25) is 0 Å². The van der Waals surface area contributed by atoms with Gasteiger partial charge >= 0.3 is 0 Å². The molecular weight excluding hydrogens is 143 g/mol. The van der Waals surface area contributed by atoms with Crippen LogP contribution in [-0.4, -0.2) is 0 Å². The molecule has 0 atom stereocenters. The van der Waals surface area contributed by atoms with E-state index in [9.17, 15) is 0 Å². The molecule has 0 fully saturated rings. The van der Waals surface area contributed by atoms with Gasteiger partial charge in [-0.05, 0) is 12.8 Å². The Morgan fingerprint density at radius 2 is 2.38 bits per heavy atom. The maximum atomic E-state index is 2.19. The van der Waals surface area contributed by atoms with Crippen molar-refractivity contribution in [2.24, 2.45) is 0 Å². The van der Waals surface area contributed by atoms with E-state index in [0.717, 1.165) is 0 Å². The second-order valence-corrected chi connectivity index (χ2v) is 1.81. The third-order valence-electron chi connectivity index (χ3n) is 1.30. The first-order valence-corrected chi connectivity index (χ1v) is 2.78. The monoisotopic (exact) mass is 153 g/mol. The van der Waals surface area contributed by atoms with Crippen LogP contribution in [0.5, 0.6) is 0 Å². The fourth-order valence-electron chi connectivity index (χ4n) is 0.754. The molecule has 0 aromatic rings. The topological polar surface area (TPSA) is 0 Å². The van der Waals surface area contributed by atoms with Gasteiger partial charge in [0.2, 0.25) is 0 Å². The predicted molar refractivity (Wildman–Crippen MR) is 32.1 cm³/mol. The fraction of sp³-hybridized carbons (Fsp3) is 0.429. The van der Waals surface area contributed by atoms with E-state index >= 15 is 0 Å². The van der Waals surface area contributed by atoms with Crippen molar-refractivity contribution in [3.8, 4) is 0 Å². The van der Waals surface area contributed by atoms with Crippen molar-refractivity contribution in [1.29, 1.82) is 0 Å². The summed E-state index contributed by atoms with van der Waals surface area (Å²) in [5, 5.41) is 0. The second kappa shape index (κ2) is 3.93. The van der Waals surface area contributed by atoms with Crippen LogP contribution in [0.3, 0.4) is 0 Å². The summed E-state index contributed by atoms with van der Waals surface area (Å²) < 4.78 is 0. The molecule has 0 unspecified atom stereocenters. The number of rotatable bonds is 1. The van der Waals surface area contributed by atoms with Gasteiger partial charge in [-0.15, -0.1) is 0 Å². The Morgan fingerprint density at radius 3 is 2.62 bits per heavy atom. The van der Waals surface area contributed by atoms with Gasteiger partial charge in [0, 0.05) is 16.8 Å². The molecule has 0 amide bonds. The van der Waals surface area contributed by atoms with Crippen LogP contribution in [0, 0.1) is 0 Å². The molecule has 1 aliphatic carbocycles. The summed E-state index contributed by atoms with van der Waals surface area (Å²) in [4.78, 5) is 0. The Bertz CT molecular complexity index is 112. The fourth-order valence-corrected chi connectivity index (χ4v) is 0.754. The molecule has 0 saturated heterocycles. The third-order valence-corrected chi connectivity index (χ3v) is 1.30. The van der Waals surface area contributed by atoms with Crippen LogP contribution in [0.15, 0.2) is 23.8 Å². The van der Waals surface area contributed by atoms with E-state index < -0.39 is 0 Å². The molecular formula is C7H10Co. The smallest absolute Gasteiger partial charge is 0 e. The normalized spacial score (nSPS) is 15.4. The summed E-state index contributed by atoms with van der Waals surface area (Å²) in [5.41, 5.74) is 1.56. The van der Waals surface area contributed by atoms with Crippen molar-refractivity contribution in [2.45, 2.75) is 19.8 Å². The average molecular weight is 153 g/mol. The standard InChI is InChI=1S/C7H10.Co/c1-2-7-5-3-4-6-7;/h3-5H,2,6H2,1H3;. The minimum Gasteiger partial charge on any atom is -0.0805 e. The first-order chi connectivity index (χ1) is 3.43. The zero-order chi connectivity index (χ0) is 5.11. The Labute approximate surface area is 60.9 Å². The molecule has 1 radical (unpaired) electrons. The van der Waals surface area contributed by atoms with E-state index in [2.05, 4.69) is 25.2 Å². The van der Waals surface area contributed by atoms with Crippen molar-refractivity contribution in [3.63, 3.8) is 0 Å². The minimum atomic E-state index is 0. The van der Waals surface area contributed by atoms with Crippen molar-refractivity contribution < 1.29 is 16.8 Å². The average Bonchev–Trinajstić information content (AvgIpc) is 2.14. The van der Waals surface area contributed by atoms with Crippen molar-refractivity contribution >= 4 is 0 Å². The van der Waals surface area contributed by atoms with Crippen LogP contribution in [-0.2, 0) is 16.8 Å². The molecule has 1 heteroatoms. The van der Waals surface area contributed by atoms with Crippen LogP contribution < -0.4 is 0 Å². The maximum Gasteiger partial charge on any atom is 0 e. The van der Waals surface area contributed by atoms with E-state index in [1.54, 1.807) is 5.57 Å². The predicted octanol–water partition coefficient (Wildman–Crippen LogP) is 2.28. The molecule has 0 aromatic carbocycles. The summed E-state index contributed by atoms with van der Waals surface area (Å²) in [6.07, 6.45) is 8.92. The second-order valence-electron chi connectivity index (χ2n) is 1.81. The van der Waals surface area contributed by atoms with Gasteiger partial charge in [0.15, 0.2) is 0 Å². The van der Waals surface area contributed by atoms with Gasteiger partial charge in [-0.25, -0.2) is 0 Å². The molecule has 0 aliphatic heterocycles. The molecule has 0 N–H and O–H groups in total. The van der Waals surface area contributed by atoms with E-state index in [-0.39, 0.29) is 16.8 Å². The van der Waals surface area contributed by atoms with E-state index in [4.69, 9.17) is 0 Å². The zero-order valence-electron chi connectivity index (χ0n) is 4.98. The molecule has 47 valence electrons. The van der Waals surface area contributed by atoms with Crippen LogP contribution in [0.25, 0.3) is 0 Å². The third kappa shape index (κ3) is 1.84. The quantitative estimate of drug-likeness (QED) is 0.542. The molecule has 1 rings (SSSR count). The molecule has 0 saturated carbocycles. The van der Waals surface area contributed by atoms with Gasteiger partial charge in [-0.1, -0.05) is 30.7 Å². The SMILES string of the molecule is CCC1=CC=CC1.[Co]. The Hall–Kier alpha value is -0.0135. The van der Waals surface area contributed by atoms with E-state index in [0.29, 0.717) is 0 Å². The first-order valence-electron chi connectivity index (χ1n) is 2.78. The van der Waals surface area contributed by atoms with Crippen LogP contribution in [0.4, 0.5) is 0 Å². The summed E-state index contributed by atoms with van der Waals surface area (Å²) >= 11 is 0. The van der Waals surface area contributed by atoms with E-state index in [1.165, 1.54) is 12.8 Å². The molecule has 8 heavy (non-hydrogen) atoms. The van der Waals surface area contributed by atoms with Crippen molar-refractivity contribution in [3.05, 3.63) is 23.8 Å². The van der Waals surface area contributed by atoms with Crippen LogP contribution in [0.2, 0.25) is 0 Å². The van der Waals surface area contributed by atoms with Gasteiger partial charge in [0.1, 0.15) is 0 Å². The van der Waals surface area contributed by atoms with Gasteiger partial charge in [0.25, 0.3) is 0 Å². The molecule has 0 nitrogen and oxygen atoms in total. The van der Waals surface area contributed by atoms with E-state index in [1.807, 2.05) is 0 Å². The van der Waals surface area contributed by atoms with Gasteiger partial charge < -0.3 is 0 Å². The largest absolute Gasteiger partial charge is 0.0805 e. The molecule has 0 aromatic heterocycles. The van der Waals surface area contributed by atoms with Gasteiger partial charge in [-0.2, -0.15) is 0 Å². The van der Waals surface area contributed by atoms with Crippen LogP contribution >= 0.6 is 0 Å². The number of hydrogen-bond donors (Lipinski definition) is 0. The van der Waals surface area contributed by atoms with Crippen molar-refractivity contribution in [1.82, 2.24) is 0 Å². The Balaban J connectivity index is 0.000000490.